The third-order valence-electron chi connectivity index (χ3n) is 4.84. The summed E-state index contributed by atoms with van der Waals surface area (Å²) < 4.78 is 18.4. The number of allylic oxidation sites excluding steroid dienone is 1. The first-order valence-corrected chi connectivity index (χ1v) is 12.3. The zero-order valence-electron chi connectivity index (χ0n) is 20.8. The van der Waals surface area contributed by atoms with Gasteiger partial charge in [-0.05, 0) is 56.7 Å². The molecule has 1 aromatic heterocycles. The van der Waals surface area contributed by atoms with Gasteiger partial charge in [0.2, 0.25) is 5.91 Å². The molecule has 10 heteroatoms. The molecule has 1 amide bonds. The molecule has 0 aliphatic heterocycles. The van der Waals surface area contributed by atoms with Crippen LogP contribution in [0.4, 0.5) is 5.69 Å². The smallest absolute Gasteiger partial charge is 0.338 e. The molecular weight excluding hydrogens is 480 g/mol. The quantitative estimate of drug-likeness (QED) is 0.213. The third kappa shape index (κ3) is 7.35. The second-order valence-electron chi connectivity index (χ2n) is 8.11. The average molecular weight is 511 g/mol. The van der Waals surface area contributed by atoms with Crippen LogP contribution < -0.4 is 14.8 Å². The van der Waals surface area contributed by atoms with Gasteiger partial charge in [0.1, 0.15) is 6.61 Å². The number of aryl methyl sites for hydroxylation is 1. The number of rotatable bonds is 12. The highest BCUT2D eigenvalue weighted by Gasteiger charge is 2.16. The summed E-state index contributed by atoms with van der Waals surface area (Å²) in [6, 6.07) is 12.3. The number of hydrogen-bond donors (Lipinski definition) is 1. The van der Waals surface area contributed by atoms with E-state index in [0.717, 1.165) is 5.56 Å². The Morgan fingerprint density at radius 2 is 1.97 bits per heavy atom. The van der Waals surface area contributed by atoms with E-state index in [9.17, 15) is 9.59 Å². The number of esters is 1. The number of ether oxygens (including phenoxy) is 3. The lowest BCUT2D eigenvalue weighted by Gasteiger charge is -2.12. The minimum absolute atomic E-state index is 0.0998. The third-order valence-corrected chi connectivity index (χ3v) is 5.80. The molecule has 2 aromatic carbocycles. The zero-order chi connectivity index (χ0) is 26.1. The first-order valence-electron chi connectivity index (χ1n) is 11.3. The summed E-state index contributed by atoms with van der Waals surface area (Å²) >= 11 is 1.24. The summed E-state index contributed by atoms with van der Waals surface area (Å²) in [7, 11) is 1.59. The first-order chi connectivity index (χ1) is 17.3. The minimum Gasteiger partial charge on any atom is -0.493 e. The molecule has 3 aromatic rings. The number of hydrogen-bond acceptors (Lipinski definition) is 8. The molecule has 0 saturated carbocycles. The zero-order valence-corrected chi connectivity index (χ0v) is 21.6. The minimum atomic E-state index is -0.439. The highest BCUT2D eigenvalue weighted by Crippen LogP contribution is 2.29. The second kappa shape index (κ2) is 12.8. The van der Waals surface area contributed by atoms with Crippen molar-refractivity contribution in [2.45, 2.75) is 45.2 Å². The standard InChI is InChI=1S/C26H30N4O5S/c1-6-12-30-23(15-34-21-11-10-18(4)13-22(21)33-5)28-29-26(30)36-16-24(31)27-20-9-7-8-19(14-20)25(32)35-17(2)3/h6-11,13-14,17H,1,12,15-16H2,2-5H3,(H,27,31). The van der Waals surface area contributed by atoms with Gasteiger partial charge in [-0.1, -0.05) is 30.0 Å². The highest BCUT2D eigenvalue weighted by molar-refractivity contribution is 7.99. The van der Waals surface area contributed by atoms with Crippen LogP contribution in [0.1, 0.15) is 35.6 Å². The molecule has 0 atom stereocenters. The summed E-state index contributed by atoms with van der Waals surface area (Å²) in [4.78, 5) is 24.7. The Morgan fingerprint density at radius 1 is 1.17 bits per heavy atom. The number of carbonyl (C=O) groups excluding carboxylic acids is 2. The molecule has 0 unspecified atom stereocenters. The SMILES string of the molecule is C=CCn1c(COc2ccc(C)cc2OC)nnc1SCC(=O)Nc1cccc(C(=O)OC(C)C)c1. The number of aromatic nitrogens is 3. The van der Waals surface area contributed by atoms with E-state index in [-0.39, 0.29) is 24.4 Å². The van der Waals surface area contributed by atoms with Crippen LogP contribution in [0.2, 0.25) is 0 Å². The molecule has 0 saturated heterocycles. The number of nitrogens with one attached hydrogen (secondary N) is 1. The van der Waals surface area contributed by atoms with E-state index in [1.807, 2.05) is 29.7 Å². The van der Waals surface area contributed by atoms with Gasteiger partial charge in [-0.15, -0.1) is 16.8 Å². The average Bonchev–Trinajstić information content (AvgIpc) is 3.23. The molecule has 0 aliphatic carbocycles. The van der Waals surface area contributed by atoms with Gasteiger partial charge in [-0.2, -0.15) is 0 Å². The fourth-order valence-electron chi connectivity index (χ4n) is 3.21. The lowest BCUT2D eigenvalue weighted by Crippen LogP contribution is -2.16. The van der Waals surface area contributed by atoms with Gasteiger partial charge in [-0.3, -0.25) is 9.36 Å². The van der Waals surface area contributed by atoms with Crippen molar-refractivity contribution >= 4 is 29.3 Å². The van der Waals surface area contributed by atoms with E-state index in [1.54, 1.807) is 51.3 Å². The summed E-state index contributed by atoms with van der Waals surface area (Å²) in [5.41, 5.74) is 1.94. The number of benzene rings is 2. The van der Waals surface area contributed by atoms with Crippen LogP contribution >= 0.6 is 11.8 Å². The van der Waals surface area contributed by atoms with Crippen molar-refractivity contribution < 1.29 is 23.8 Å². The predicted octanol–water partition coefficient (Wildman–Crippen LogP) is 4.66. The molecule has 0 aliphatic rings. The molecule has 1 N–H and O–H groups in total. The molecule has 0 radical (unpaired) electrons. The van der Waals surface area contributed by atoms with Gasteiger partial charge < -0.3 is 19.5 Å². The van der Waals surface area contributed by atoms with Gasteiger partial charge in [0, 0.05) is 12.2 Å². The van der Waals surface area contributed by atoms with Crippen LogP contribution in [0.5, 0.6) is 11.5 Å². The van der Waals surface area contributed by atoms with Gasteiger partial charge in [-0.25, -0.2) is 4.79 Å². The van der Waals surface area contributed by atoms with Crippen LogP contribution in [-0.2, 0) is 22.7 Å². The van der Waals surface area contributed by atoms with E-state index < -0.39 is 5.97 Å². The molecule has 1 heterocycles. The van der Waals surface area contributed by atoms with Crippen LogP contribution in [0.15, 0.2) is 60.3 Å². The second-order valence-corrected chi connectivity index (χ2v) is 9.06. The van der Waals surface area contributed by atoms with Crippen molar-refractivity contribution in [3.05, 3.63) is 72.1 Å². The Bertz CT molecular complexity index is 1220. The van der Waals surface area contributed by atoms with E-state index in [2.05, 4.69) is 22.1 Å². The molecular formula is C26H30N4O5S. The maximum absolute atomic E-state index is 12.6. The van der Waals surface area contributed by atoms with Crippen LogP contribution in [0.3, 0.4) is 0 Å². The van der Waals surface area contributed by atoms with Crippen molar-refractivity contribution in [2.24, 2.45) is 0 Å². The van der Waals surface area contributed by atoms with E-state index in [0.29, 0.717) is 40.3 Å². The fourth-order valence-corrected chi connectivity index (χ4v) is 3.98. The van der Waals surface area contributed by atoms with Gasteiger partial charge in [0.25, 0.3) is 0 Å². The summed E-state index contributed by atoms with van der Waals surface area (Å²) in [5, 5.41) is 11.8. The van der Waals surface area contributed by atoms with Crippen LogP contribution in [0, 0.1) is 6.92 Å². The van der Waals surface area contributed by atoms with Gasteiger partial charge in [0.05, 0.1) is 24.5 Å². The number of nitrogens with zero attached hydrogens (tertiary/aromatic N) is 3. The van der Waals surface area contributed by atoms with Gasteiger partial charge in [0.15, 0.2) is 22.5 Å². The Labute approximate surface area is 214 Å². The fraction of sp³-hybridized carbons (Fsp3) is 0.308. The number of anilines is 1. The Morgan fingerprint density at radius 3 is 2.69 bits per heavy atom. The number of methoxy groups -OCH3 is 1. The normalized spacial score (nSPS) is 10.7. The van der Waals surface area contributed by atoms with E-state index in [1.165, 1.54) is 11.8 Å². The molecule has 0 fully saturated rings. The molecule has 36 heavy (non-hydrogen) atoms. The monoisotopic (exact) mass is 510 g/mol. The summed E-state index contributed by atoms with van der Waals surface area (Å²) in [5.74, 6) is 1.25. The highest BCUT2D eigenvalue weighted by atomic mass is 32.2. The topological polar surface area (TPSA) is 105 Å². The Hall–Kier alpha value is -3.79. The van der Waals surface area contributed by atoms with Gasteiger partial charge >= 0.3 is 5.97 Å². The summed E-state index contributed by atoms with van der Waals surface area (Å²) in [6.45, 7) is 9.97. The van der Waals surface area contributed by atoms with Crippen molar-refractivity contribution in [3.63, 3.8) is 0 Å². The molecule has 190 valence electrons. The lowest BCUT2D eigenvalue weighted by atomic mass is 10.2. The maximum atomic E-state index is 12.6. The van der Waals surface area contributed by atoms with Crippen molar-refractivity contribution in [3.8, 4) is 11.5 Å². The summed E-state index contributed by atoms with van der Waals surface area (Å²) in [6.07, 6.45) is 1.50. The Balaban J connectivity index is 1.62. The maximum Gasteiger partial charge on any atom is 0.338 e. The van der Waals surface area contributed by atoms with Crippen molar-refractivity contribution in [1.82, 2.24) is 14.8 Å². The van der Waals surface area contributed by atoms with E-state index in [4.69, 9.17) is 14.2 Å². The van der Waals surface area contributed by atoms with Crippen molar-refractivity contribution in [1.29, 1.82) is 0 Å². The van der Waals surface area contributed by atoms with E-state index >= 15 is 0 Å². The number of thioether (sulfide) groups is 1. The molecule has 3 rings (SSSR count). The first kappa shape index (κ1) is 26.8. The largest absolute Gasteiger partial charge is 0.493 e. The number of carbonyl (C=O) groups is 2. The van der Waals surface area contributed by atoms with Crippen molar-refractivity contribution in [2.75, 3.05) is 18.2 Å². The molecule has 9 nitrogen and oxygen atoms in total. The lowest BCUT2D eigenvalue weighted by molar-refractivity contribution is -0.113. The number of amides is 1. The van der Waals surface area contributed by atoms with Crippen LogP contribution in [-0.4, -0.2) is 45.6 Å². The predicted molar refractivity (Wildman–Crippen MR) is 139 cm³/mol. The Kier molecular flexibility index (Phi) is 9.52. The molecule has 0 bridgehead atoms. The molecule has 0 spiro atoms. The van der Waals surface area contributed by atoms with Crippen LogP contribution in [0.25, 0.3) is 0 Å².